The van der Waals surface area contributed by atoms with E-state index in [1.807, 2.05) is 94.4 Å². The topological polar surface area (TPSA) is 379 Å². The molecule has 118 heavy (non-hydrogen) atoms. The maximum Gasteiger partial charge on any atom is 0.238 e. The van der Waals surface area contributed by atoms with E-state index in [2.05, 4.69) is 69.6 Å². The van der Waals surface area contributed by atoms with Crippen molar-refractivity contribution in [1.82, 2.24) is 44.6 Å². The van der Waals surface area contributed by atoms with Crippen LogP contribution in [0, 0.1) is 71.1 Å². The SMILES string of the molecule is Cc1cc(/C=C/C#N)cc(C)c1Oc1nc(NC2CCN(Cc3ccc(S(N)(=O)=O)cc3)CC2)nc2c1SCCC2.Cc1cc(C#N)cc(C)c1Oc1nc(NC2CCN(Cc3ccc(S(N)(=O)=O)cc3)CC2)nc2c1SCCC2.Cc1cc(C)c(Oc2nc(NC3CCN(Cc4ccc(S(N)(=O)=O)cc4)CC3)nc3c2SCCC3)c(C)c1. The largest absolute Gasteiger partial charge is 0.437 e. The van der Waals surface area contributed by atoms with E-state index < -0.39 is 30.1 Å². The number of fused-ring (bicyclic) bond motifs is 3. The monoisotopic (exact) mass is 1710 g/mol. The van der Waals surface area contributed by atoms with Gasteiger partial charge in [0.15, 0.2) is 0 Å². The molecule has 0 aliphatic carbocycles. The maximum absolute atomic E-state index is 11.5. The summed E-state index contributed by atoms with van der Waals surface area (Å²) in [6.07, 6.45) is 14.9. The molecule has 0 spiro atoms. The van der Waals surface area contributed by atoms with Gasteiger partial charge in [0.1, 0.15) is 17.2 Å². The van der Waals surface area contributed by atoms with Gasteiger partial charge in [0, 0.05) is 83.1 Å². The molecule has 6 aliphatic rings. The number of benzene rings is 6. The van der Waals surface area contributed by atoms with E-state index in [-0.39, 0.29) is 32.8 Å². The third kappa shape index (κ3) is 23.0. The fourth-order valence-corrected chi connectivity index (χ4v) is 20.2. The number of rotatable bonds is 22. The minimum Gasteiger partial charge on any atom is -0.437 e. The number of likely N-dealkylation sites (tertiary alicyclic amines) is 3. The number of hydrogen-bond acceptors (Lipinski definition) is 26. The predicted octanol–water partition coefficient (Wildman–Crippen LogP) is 14.7. The Morgan fingerprint density at radius 3 is 1.00 bits per heavy atom. The first-order chi connectivity index (χ1) is 56.5. The quantitative estimate of drug-likeness (QED) is 0.0343. The number of anilines is 3. The van der Waals surface area contributed by atoms with Gasteiger partial charge in [-0.15, -0.1) is 35.3 Å². The summed E-state index contributed by atoms with van der Waals surface area (Å²) in [6, 6.07) is 37.3. The molecule has 6 aromatic carbocycles. The van der Waals surface area contributed by atoms with Crippen molar-refractivity contribution in [2.75, 3.05) is 72.5 Å². The first-order valence-electron chi connectivity index (χ1n) is 39.8. The Hall–Kier alpha value is -9.26. The van der Waals surface area contributed by atoms with Gasteiger partial charge in [-0.05, 0) is 265 Å². The number of aryl methyl sites for hydroxylation is 10. The molecule has 0 amide bonds. The molecule has 9 heterocycles. The highest BCUT2D eigenvalue weighted by atomic mass is 32.2. The van der Waals surface area contributed by atoms with E-state index >= 15 is 0 Å². The van der Waals surface area contributed by atoms with Gasteiger partial charge in [-0.1, -0.05) is 54.1 Å². The minimum atomic E-state index is -3.68. The molecule has 0 unspecified atom stereocenters. The first kappa shape index (κ1) is 86.6. The highest BCUT2D eigenvalue weighted by Crippen LogP contribution is 2.44. The van der Waals surface area contributed by atoms with Crippen LogP contribution in [-0.4, -0.2) is 145 Å². The number of sulfonamides is 3. The second kappa shape index (κ2) is 38.9. The summed E-state index contributed by atoms with van der Waals surface area (Å²) in [4.78, 5) is 39.7. The normalized spacial score (nSPS) is 16.5. The standard InChI is InChI=1S/C30H34N6O3S2.C28H32N6O3S2.C28H35N5O3S2/c1-20-17-23(5-3-13-31)18-21(2)27(20)39-29-28-26(6-4-16-40-28)34-30(35-29)33-24-11-14-36(15-12-24)19-22-7-9-25(10-8-22)41(32,37)38;1-18-14-21(16-29)15-19(2)25(18)37-27-26-24(4-3-13-38-26)32-28(33-27)31-22-9-11-34(12-10-22)17-20-5-7-23(8-6-20)39(30,35)36;1-18-15-19(2)25(20(3)16-18)36-27-26-24(5-4-14-37-26)31-28(32-27)30-22-10-12-33(13-11-22)17-21-6-8-23(9-7-21)38(29,34)35/h3,5,7-10,17-18,24H,4,6,11-12,14-16,19H2,1-2H3,(H2,32,37,38)(H,33,34,35);5-8,14-15,22H,3-4,9-13,17H2,1-2H3,(H2,30,35,36)(H,31,32,33);6-9,15-16,22H,4-5,10-14,17H2,1-3H3,(H2,29,34,35)(H,30,31,32)/b5-3+;;. The van der Waals surface area contributed by atoms with Crippen LogP contribution in [0.15, 0.2) is 145 Å². The van der Waals surface area contributed by atoms with Gasteiger partial charge in [0.2, 0.25) is 65.6 Å². The van der Waals surface area contributed by atoms with Crippen molar-refractivity contribution in [2.45, 2.75) is 193 Å². The lowest BCUT2D eigenvalue weighted by atomic mass is 10.0. The Balaban J connectivity index is 0.000000154. The Kier molecular flexibility index (Phi) is 28.5. The summed E-state index contributed by atoms with van der Waals surface area (Å²) in [5.41, 5.74) is 15.1. The van der Waals surface area contributed by atoms with E-state index in [0.29, 0.717) is 41.0 Å². The Labute approximate surface area is 705 Å². The number of hydrogen-bond donors (Lipinski definition) is 6. The zero-order chi connectivity index (χ0) is 83.4. The summed E-state index contributed by atoms with van der Waals surface area (Å²) < 4.78 is 88.4. The molecule has 9 N–H and O–H groups in total. The Morgan fingerprint density at radius 1 is 0.432 bits per heavy atom. The zero-order valence-electron chi connectivity index (χ0n) is 67.5. The molecule has 3 aromatic heterocycles. The van der Waals surface area contributed by atoms with Crippen LogP contribution < -0.4 is 45.6 Å². The van der Waals surface area contributed by atoms with Crippen LogP contribution in [0.2, 0.25) is 0 Å². The van der Waals surface area contributed by atoms with E-state index in [0.717, 1.165) is 258 Å². The van der Waals surface area contributed by atoms with Gasteiger partial charge in [-0.25, -0.2) is 55.6 Å². The molecule has 0 saturated carbocycles. The minimum absolute atomic E-state index is 0.130. The van der Waals surface area contributed by atoms with Crippen LogP contribution in [0.25, 0.3) is 6.08 Å². The number of nitrogens with one attached hydrogen (secondary N) is 3. The molecular formula is C86H101N17O9S6. The number of nitrogens with two attached hydrogens (primary N) is 3. The number of aromatic nitrogens is 6. The molecule has 620 valence electrons. The second-order valence-corrected chi connectivity index (χ2v) is 38.9. The first-order valence-corrected chi connectivity index (χ1v) is 47.4. The van der Waals surface area contributed by atoms with Gasteiger partial charge >= 0.3 is 0 Å². The molecule has 3 saturated heterocycles. The lowest BCUT2D eigenvalue weighted by molar-refractivity contribution is 0.211. The number of thioether (sulfide) groups is 3. The number of nitrogens with zero attached hydrogens (tertiary/aromatic N) is 11. The fourth-order valence-electron chi connectivity index (χ4n) is 15.6. The number of primary sulfonamides is 3. The highest BCUT2D eigenvalue weighted by molar-refractivity contribution is 8.00. The summed E-state index contributed by atoms with van der Waals surface area (Å²) >= 11 is 5.26. The Bertz CT molecular complexity index is 5550. The van der Waals surface area contributed by atoms with Crippen molar-refractivity contribution in [2.24, 2.45) is 15.4 Å². The molecule has 15 rings (SSSR count). The van der Waals surface area contributed by atoms with E-state index in [1.165, 1.54) is 11.6 Å². The molecule has 32 heteroatoms. The van der Waals surface area contributed by atoms with Crippen molar-refractivity contribution in [3.63, 3.8) is 0 Å². The number of piperidine rings is 3. The molecule has 0 atom stereocenters. The van der Waals surface area contributed by atoms with E-state index in [9.17, 15) is 30.5 Å². The van der Waals surface area contributed by atoms with Crippen molar-refractivity contribution in [3.8, 4) is 47.0 Å². The average Bonchev–Trinajstić information content (AvgIpc) is 0.794. The van der Waals surface area contributed by atoms with Crippen LogP contribution >= 0.6 is 35.3 Å². The molecule has 0 radical (unpaired) electrons. The van der Waals surface area contributed by atoms with Gasteiger partial charge in [0.05, 0.1) is 64.2 Å². The predicted molar refractivity (Wildman–Crippen MR) is 465 cm³/mol. The van der Waals surface area contributed by atoms with Crippen molar-refractivity contribution in [3.05, 3.63) is 199 Å². The number of nitriles is 2. The molecule has 3 fully saturated rings. The number of allylic oxidation sites excluding steroid dienone is 1. The van der Waals surface area contributed by atoms with Gasteiger partial charge in [-0.3, -0.25) is 14.7 Å². The van der Waals surface area contributed by atoms with Crippen molar-refractivity contribution >= 4 is 89.3 Å². The van der Waals surface area contributed by atoms with Crippen molar-refractivity contribution < 1.29 is 39.5 Å². The highest BCUT2D eigenvalue weighted by Gasteiger charge is 2.30. The molecule has 0 bridgehead atoms. The van der Waals surface area contributed by atoms with Crippen LogP contribution in [0.3, 0.4) is 0 Å². The third-order valence-corrected chi connectivity index (χ3v) is 27.8. The molecular weight excluding hydrogens is 1610 g/mol. The summed E-state index contributed by atoms with van der Waals surface area (Å²) in [7, 11) is -11.0. The Morgan fingerprint density at radius 2 is 0.720 bits per heavy atom. The summed E-state index contributed by atoms with van der Waals surface area (Å²) in [5, 5.41) is 44.5. The average molecular weight is 1710 g/mol. The summed E-state index contributed by atoms with van der Waals surface area (Å²) in [5.74, 6) is 9.10. The molecule has 26 nitrogen and oxygen atoms in total. The molecule has 6 aliphatic heterocycles. The van der Waals surface area contributed by atoms with E-state index in [4.69, 9.17) is 64.8 Å². The lowest BCUT2D eigenvalue weighted by Gasteiger charge is -2.32. The van der Waals surface area contributed by atoms with Gasteiger partial charge in [-0.2, -0.15) is 25.5 Å². The molecule has 9 aromatic rings. The smallest absolute Gasteiger partial charge is 0.238 e. The van der Waals surface area contributed by atoms with Crippen LogP contribution in [-0.2, 0) is 69.0 Å². The number of ether oxygens (including phenoxy) is 3. The lowest BCUT2D eigenvalue weighted by Crippen LogP contribution is -2.39. The fraction of sp³-hybridized carbons (Fsp3) is 0.395. The second-order valence-electron chi connectivity index (χ2n) is 30.9. The maximum atomic E-state index is 11.5. The van der Waals surface area contributed by atoms with Crippen LogP contribution in [0.1, 0.15) is 142 Å². The third-order valence-electron chi connectivity index (χ3n) is 21.5. The van der Waals surface area contributed by atoms with Crippen LogP contribution in [0.4, 0.5) is 17.8 Å². The summed E-state index contributed by atoms with van der Waals surface area (Å²) in [6.45, 7) is 22.0. The van der Waals surface area contributed by atoms with Crippen molar-refractivity contribution in [1.29, 1.82) is 10.5 Å². The van der Waals surface area contributed by atoms with Gasteiger partial charge < -0.3 is 30.2 Å². The van der Waals surface area contributed by atoms with Crippen LogP contribution in [0.5, 0.6) is 34.9 Å². The van der Waals surface area contributed by atoms with E-state index in [1.54, 1.807) is 77.8 Å². The zero-order valence-corrected chi connectivity index (χ0v) is 72.4. The van der Waals surface area contributed by atoms with Gasteiger partial charge in [0.25, 0.3) is 0 Å².